The first-order valence-corrected chi connectivity index (χ1v) is 21.2. The van der Waals surface area contributed by atoms with E-state index >= 15 is 0 Å². The minimum atomic E-state index is -2.15. The molecule has 1 aliphatic heterocycles. The maximum absolute atomic E-state index is 6.60. The van der Waals surface area contributed by atoms with E-state index in [1.165, 1.54) is 37.9 Å². The van der Waals surface area contributed by atoms with Gasteiger partial charge in [0.2, 0.25) is 0 Å². The molecule has 250 valence electrons. The predicted octanol–water partition coefficient (Wildman–Crippen LogP) is 11.3. The monoisotopic (exact) mass is 695 g/mol. The Hall–Kier alpha value is -6.56. The summed E-state index contributed by atoms with van der Waals surface area (Å²) in [5.74, 6) is 0.737. The van der Waals surface area contributed by atoms with Crippen LogP contribution in [0.5, 0.6) is 0 Å². The molecule has 0 bridgehead atoms. The molecule has 0 saturated carbocycles. The molecule has 0 N–H and O–H groups in total. The van der Waals surface area contributed by atoms with Crippen LogP contribution in [0.2, 0.25) is 13.1 Å². The third-order valence-electron chi connectivity index (χ3n) is 11.2. The molecule has 0 fully saturated rings. The van der Waals surface area contributed by atoms with Crippen molar-refractivity contribution >= 4 is 62.3 Å². The quantitative estimate of drug-likeness (QED) is 0.172. The summed E-state index contributed by atoms with van der Waals surface area (Å²) in [4.78, 5) is 11.0. The molecule has 4 nitrogen and oxygen atoms in total. The summed E-state index contributed by atoms with van der Waals surface area (Å²) in [6.45, 7) is 4.83. The fraction of sp³-hybridized carbons (Fsp3) is 0.0417. The molecule has 0 radical (unpaired) electrons. The molecule has 0 spiro atoms. The second kappa shape index (κ2) is 11.2. The highest BCUT2D eigenvalue weighted by Crippen LogP contribution is 2.42. The summed E-state index contributed by atoms with van der Waals surface area (Å²) < 4.78 is 8.98. The van der Waals surface area contributed by atoms with Gasteiger partial charge in [-0.1, -0.05) is 134 Å². The highest BCUT2D eigenvalue weighted by atomic mass is 28.3. The van der Waals surface area contributed by atoms with Crippen molar-refractivity contribution < 1.29 is 4.42 Å². The van der Waals surface area contributed by atoms with Gasteiger partial charge in [0.25, 0.3) is 0 Å². The standard InChI is InChI=1S/C48H33N3OSi/c1-53(2)43-27-10-6-21-38(43)44-45(39-23-13-22-37-36-20-5-9-26-42(36)52-46(37)39)49-47(50-48(44)53)32-16-11-14-30(28-32)31-15-12-17-33(29-31)51-40-24-7-3-18-34(40)35-19-4-8-25-41(35)51/h3-29H,1-2H3. The summed E-state index contributed by atoms with van der Waals surface area (Å²) in [7, 11) is -2.15. The van der Waals surface area contributed by atoms with Crippen molar-refractivity contribution in [2.45, 2.75) is 13.1 Å². The van der Waals surface area contributed by atoms with E-state index in [-0.39, 0.29) is 0 Å². The lowest BCUT2D eigenvalue weighted by Gasteiger charge is -2.19. The molecule has 5 heteroatoms. The smallest absolute Gasteiger partial charge is 0.159 e. The van der Waals surface area contributed by atoms with E-state index in [4.69, 9.17) is 14.4 Å². The number of aromatic nitrogens is 3. The van der Waals surface area contributed by atoms with Crippen LogP contribution >= 0.6 is 0 Å². The zero-order valence-corrected chi connectivity index (χ0v) is 30.3. The molecular weight excluding hydrogens is 663 g/mol. The molecule has 10 aromatic rings. The number of hydrogen-bond acceptors (Lipinski definition) is 3. The van der Waals surface area contributed by atoms with Crippen LogP contribution in [-0.2, 0) is 0 Å². The molecule has 3 aromatic heterocycles. The first-order chi connectivity index (χ1) is 26.0. The van der Waals surface area contributed by atoms with E-state index in [1.807, 2.05) is 12.1 Å². The molecule has 0 saturated heterocycles. The highest BCUT2D eigenvalue weighted by molar-refractivity contribution is 7.03. The Morgan fingerprint density at radius 1 is 0.509 bits per heavy atom. The van der Waals surface area contributed by atoms with Crippen LogP contribution < -0.4 is 10.5 Å². The van der Waals surface area contributed by atoms with Gasteiger partial charge in [-0.2, -0.15) is 0 Å². The first kappa shape index (κ1) is 30.1. The summed E-state index contributed by atoms with van der Waals surface area (Å²) in [6.07, 6.45) is 0. The molecule has 1 aliphatic rings. The first-order valence-electron chi connectivity index (χ1n) is 18.2. The largest absolute Gasteiger partial charge is 0.455 e. The fourth-order valence-electron chi connectivity index (χ4n) is 8.66. The van der Waals surface area contributed by atoms with Gasteiger partial charge in [-0.25, -0.2) is 9.97 Å². The van der Waals surface area contributed by atoms with E-state index in [1.54, 1.807) is 0 Å². The van der Waals surface area contributed by atoms with E-state index in [9.17, 15) is 0 Å². The van der Waals surface area contributed by atoms with Crippen LogP contribution in [0.3, 0.4) is 0 Å². The minimum absolute atomic E-state index is 0.737. The van der Waals surface area contributed by atoms with Gasteiger partial charge in [-0.05, 0) is 64.3 Å². The summed E-state index contributed by atoms with van der Waals surface area (Å²) in [5, 5.41) is 7.29. The Labute approximate surface area is 307 Å². The van der Waals surface area contributed by atoms with Crippen molar-refractivity contribution in [2.75, 3.05) is 0 Å². The molecule has 53 heavy (non-hydrogen) atoms. The number of rotatable bonds is 4. The third kappa shape index (κ3) is 4.41. The molecule has 4 heterocycles. The van der Waals surface area contributed by atoms with E-state index < -0.39 is 8.07 Å². The second-order valence-electron chi connectivity index (χ2n) is 14.6. The topological polar surface area (TPSA) is 43.9 Å². The normalized spacial score (nSPS) is 13.2. The Kier molecular flexibility index (Phi) is 6.37. The van der Waals surface area contributed by atoms with Crippen molar-refractivity contribution in [1.82, 2.24) is 14.5 Å². The highest BCUT2D eigenvalue weighted by Gasteiger charge is 2.41. The van der Waals surface area contributed by atoms with E-state index in [2.05, 4.69) is 169 Å². The van der Waals surface area contributed by atoms with Crippen molar-refractivity contribution in [3.63, 3.8) is 0 Å². The molecule has 0 unspecified atom stereocenters. The molecular formula is C48H33N3OSi. The molecule has 0 aliphatic carbocycles. The van der Waals surface area contributed by atoms with Crippen molar-refractivity contribution in [1.29, 1.82) is 0 Å². The number of benzene rings is 7. The zero-order chi connectivity index (χ0) is 35.3. The van der Waals surface area contributed by atoms with Gasteiger partial charge in [0.05, 0.1) is 16.7 Å². The fourth-order valence-corrected chi connectivity index (χ4v) is 11.6. The molecule has 11 rings (SSSR count). The Morgan fingerprint density at radius 3 is 1.92 bits per heavy atom. The van der Waals surface area contributed by atoms with Crippen LogP contribution in [0.15, 0.2) is 168 Å². The van der Waals surface area contributed by atoms with Crippen LogP contribution in [-0.4, -0.2) is 22.6 Å². The average molecular weight is 696 g/mol. The maximum atomic E-state index is 6.60. The zero-order valence-electron chi connectivity index (χ0n) is 29.3. The molecule has 0 amide bonds. The second-order valence-corrected chi connectivity index (χ2v) is 18.8. The third-order valence-corrected chi connectivity index (χ3v) is 14.5. The van der Waals surface area contributed by atoms with Crippen LogP contribution in [0.4, 0.5) is 0 Å². The predicted molar refractivity (Wildman–Crippen MR) is 222 cm³/mol. The lowest BCUT2D eigenvalue weighted by molar-refractivity contribution is 0.670. The Morgan fingerprint density at radius 2 is 1.11 bits per heavy atom. The summed E-state index contributed by atoms with van der Waals surface area (Å²) >= 11 is 0. The van der Waals surface area contributed by atoms with Crippen molar-refractivity contribution in [3.05, 3.63) is 164 Å². The Bertz CT molecular complexity index is 3060. The lowest BCUT2D eigenvalue weighted by Crippen LogP contribution is -2.50. The van der Waals surface area contributed by atoms with Gasteiger partial charge in [0, 0.05) is 49.2 Å². The minimum Gasteiger partial charge on any atom is -0.455 e. The van der Waals surface area contributed by atoms with Crippen LogP contribution in [0.1, 0.15) is 0 Å². The Balaban J connectivity index is 1.10. The van der Waals surface area contributed by atoms with Gasteiger partial charge in [-0.15, -0.1) is 0 Å². The van der Waals surface area contributed by atoms with Gasteiger partial charge in [0.1, 0.15) is 19.2 Å². The van der Waals surface area contributed by atoms with Crippen molar-refractivity contribution in [3.8, 4) is 50.6 Å². The summed E-state index contributed by atoms with van der Waals surface area (Å²) in [6, 6.07) is 58.4. The number of furan rings is 1. The number of nitrogens with zero attached hydrogens (tertiary/aromatic N) is 3. The number of fused-ring (bicyclic) bond motifs is 9. The van der Waals surface area contributed by atoms with Crippen molar-refractivity contribution in [2.24, 2.45) is 0 Å². The van der Waals surface area contributed by atoms with E-state index in [0.717, 1.165) is 67.0 Å². The average Bonchev–Trinajstić information content (AvgIpc) is 3.84. The molecule has 7 aromatic carbocycles. The SMILES string of the molecule is C[Si]1(C)c2ccccc2-c2c(-c3cccc4c3oc3ccccc34)nc(-c3cccc(-c4cccc(-n5c6ccccc6c6ccccc65)c4)c3)nc21. The van der Waals surface area contributed by atoms with E-state index in [0.29, 0.717) is 0 Å². The molecule has 0 atom stereocenters. The summed E-state index contributed by atoms with van der Waals surface area (Å²) in [5.41, 5.74) is 12.8. The van der Waals surface area contributed by atoms with Gasteiger partial charge in [0.15, 0.2) is 5.82 Å². The lowest BCUT2D eigenvalue weighted by atomic mass is 9.98. The number of para-hydroxylation sites is 4. The van der Waals surface area contributed by atoms with Gasteiger partial charge >= 0.3 is 0 Å². The van der Waals surface area contributed by atoms with Crippen LogP contribution in [0.25, 0.3) is 94.3 Å². The van der Waals surface area contributed by atoms with Gasteiger partial charge < -0.3 is 8.98 Å². The van der Waals surface area contributed by atoms with Gasteiger partial charge in [-0.3, -0.25) is 0 Å². The number of hydrogen-bond donors (Lipinski definition) is 0. The maximum Gasteiger partial charge on any atom is 0.159 e. The van der Waals surface area contributed by atoms with Crippen LogP contribution in [0, 0.1) is 0 Å².